The van der Waals surface area contributed by atoms with E-state index in [1.165, 1.54) is 0 Å². The minimum atomic E-state index is -0.111. The van der Waals surface area contributed by atoms with Gasteiger partial charge in [-0.25, -0.2) is 4.98 Å². The quantitative estimate of drug-likeness (QED) is 0.563. The Labute approximate surface area is 125 Å². The van der Waals surface area contributed by atoms with Crippen molar-refractivity contribution in [3.05, 3.63) is 60.2 Å². The van der Waals surface area contributed by atoms with E-state index in [4.69, 9.17) is 4.42 Å². The minimum Gasteiger partial charge on any atom is -0.506 e. The number of hydrogen-bond donors (Lipinski definition) is 1. The first-order valence-electron chi connectivity index (χ1n) is 6.84. The van der Waals surface area contributed by atoms with E-state index < -0.39 is 0 Å². The normalized spacial score (nSPS) is 11.1. The maximum atomic E-state index is 11.4. The zero-order valence-electron chi connectivity index (χ0n) is 11.5. The number of aldehydes is 1. The first kappa shape index (κ1) is 12.6. The molecule has 0 unspecified atom stereocenters. The smallest absolute Gasteiger partial charge is 0.231 e. The van der Waals surface area contributed by atoms with Gasteiger partial charge in [-0.05, 0) is 29.0 Å². The molecule has 0 radical (unpaired) electrons. The Morgan fingerprint density at radius 2 is 1.82 bits per heavy atom. The molecule has 0 saturated heterocycles. The van der Waals surface area contributed by atoms with Gasteiger partial charge in [-0.15, -0.1) is 0 Å². The molecule has 0 aliphatic carbocycles. The lowest BCUT2D eigenvalue weighted by atomic mass is 10.00. The highest BCUT2D eigenvalue weighted by atomic mass is 16.3. The summed E-state index contributed by atoms with van der Waals surface area (Å²) in [4.78, 5) is 15.8. The minimum absolute atomic E-state index is 0.111. The van der Waals surface area contributed by atoms with E-state index in [0.717, 1.165) is 5.39 Å². The van der Waals surface area contributed by atoms with Crippen molar-refractivity contribution < 1.29 is 14.3 Å². The van der Waals surface area contributed by atoms with Gasteiger partial charge >= 0.3 is 0 Å². The zero-order valence-corrected chi connectivity index (χ0v) is 11.5. The van der Waals surface area contributed by atoms with Crippen molar-refractivity contribution in [2.45, 2.75) is 0 Å². The van der Waals surface area contributed by atoms with E-state index in [2.05, 4.69) is 4.98 Å². The monoisotopic (exact) mass is 289 g/mol. The highest BCUT2D eigenvalue weighted by molar-refractivity contribution is 6.04. The van der Waals surface area contributed by atoms with Gasteiger partial charge in [0.2, 0.25) is 5.89 Å². The van der Waals surface area contributed by atoms with Crippen molar-refractivity contribution in [1.82, 2.24) is 4.98 Å². The van der Waals surface area contributed by atoms with Crippen LogP contribution in [0.2, 0.25) is 0 Å². The summed E-state index contributed by atoms with van der Waals surface area (Å²) in [5, 5.41) is 12.0. The fraction of sp³-hybridized carbons (Fsp3) is 0. The average Bonchev–Trinajstić information content (AvgIpc) is 2.98. The number of carbonyl (C=O) groups is 1. The summed E-state index contributed by atoms with van der Waals surface area (Å²) in [5.41, 5.74) is 2.00. The number of fused-ring (bicyclic) bond motifs is 2. The average molecular weight is 289 g/mol. The summed E-state index contributed by atoms with van der Waals surface area (Å²) in [5.74, 6) is 0.188. The standard InChI is InChI=1S/C18H11NO3/c20-10-14-12-6-2-1-5-11(12)9-13(17(14)21)18-19-15-7-3-4-8-16(15)22-18/h1-10,21H. The molecule has 4 rings (SSSR count). The van der Waals surface area contributed by atoms with Gasteiger partial charge in [0.05, 0.1) is 11.1 Å². The maximum absolute atomic E-state index is 11.4. The number of benzene rings is 3. The Morgan fingerprint density at radius 1 is 1.05 bits per heavy atom. The number of phenols is 1. The third-order valence-corrected chi connectivity index (χ3v) is 3.70. The summed E-state index contributed by atoms with van der Waals surface area (Å²) in [6.45, 7) is 0. The van der Waals surface area contributed by atoms with E-state index in [1.807, 2.05) is 42.5 Å². The largest absolute Gasteiger partial charge is 0.506 e. The second kappa shape index (κ2) is 4.70. The molecule has 0 atom stereocenters. The first-order chi connectivity index (χ1) is 10.8. The van der Waals surface area contributed by atoms with Gasteiger partial charge < -0.3 is 9.52 Å². The van der Waals surface area contributed by atoms with Crippen LogP contribution in [-0.4, -0.2) is 16.4 Å². The van der Waals surface area contributed by atoms with Gasteiger partial charge in [0.15, 0.2) is 11.9 Å². The van der Waals surface area contributed by atoms with Crippen LogP contribution in [0, 0.1) is 0 Å². The van der Waals surface area contributed by atoms with Crippen molar-refractivity contribution in [1.29, 1.82) is 0 Å². The Hall–Kier alpha value is -3.14. The highest BCUT2D eigenvalue weighted by Crippen LogP contribution is 2.37. The number of aromatic hydroxyl groups is 1. The molecule has 0 fully saturated rings. The fourth-order valence-electron chi connectivity index (χ4n) is 2.63. The summed E-state index contributed by atoms with van der Waals surface area (Å²) < 4.78 is 5.70. The number of rotatable bonds is 2. The predicted molar refractivity (Wildman–Crippen MR) is 84.0 cm³/mol. The van der Waals surface area contributed by atoms with Gasteiger partial charge in [-0.1, -0.05) is 36.4 Å². The molecule has 1 aromatic heterocycles. The lowest BCUT2D eigenvalue weighted by molar-refractivity contribution is 0.112. The molecule has 0 saturated carbocycles. The van der Waals surface area contributed by atoms with Crippen molar-refractivity contribution in [2.24, 2.45) is 0 Å². The highest BCUT2D eigenvalue weighted by Gasteiger charge is 2.17. The van der Waals surface area contributed by atoms with Crippen molar-refractivity contribution in [3.63, 3.8) is 0 Å². The molecular weight excluding hydrogens is 278 g/mol. The molecule has 4 heteroatoms. The summed E-state index contributed by atoms with van der Waals surface area (Å²) in [6.07, 6.45) is 0.657. The van der Waals surface area contributed by atoms with Crippen LogP contribution in [0.15, 0.2) is 59.0 Å². The van der Waals surface area contributed by atoms with Crippen molar-refractivity contribution in [3.8, 4) is 17.2 Å². The second-order valence-corrected chi connectivity index (χ2v) is 5.01. The molecule has 0 aliphatic rings. The van der Waals surface area contributed by atoms with E-state index in [0.29, 0.717) is 34.2 Å². The predicted octanol–water partition coefficient (Wildman–Crippen LogP) is 4.17. The molecule has 22 heavy (non-hydrogen) atoms. The summed E-state index contributed by atoms with van der Waals surface area (Å²) in [6, 6.07) is 16.5. The third kappa shape index (κ3) is 1.78. The van der Waals surface area contributed by atoms with E-state index in [-0.39, 0.29) is 11.3 Å². The van der Waals surface area contributed by atoms with Crippen molar-refractivity contribution >= 4 is 28.2 Å². The van der Waals surface area contributed by atoms with E-state index in [1.54, 1.807) is 12.1 Å². The van der Waals surface area contributed by atoms with Gasteiger partial charge in [0.1, 0.15) is 11.3 Å². The summed E-state index contributed by atoms with van der Waals surface area (Å²) in [7, 11) is 0. The molecule has 0 bridgehead atoms. The number of phenolic OH excluding ortho intramolecular Hbond substituents is 1. The van der Waals surface area contributed by atoms with Gasteiger partial charge in [-0.2, -0.15) is 0 Å². The molecule has 4 nitrogen and oxygen atoms in total. The Bertz CT molecular complexity index is 984. The van der Waals surface area contributed by atoms with Crippen LogP contribution in [0.4, 0.5) is 0 Å². The fourth-order valence-corrected chi connectivity index (χ4v) is 2.63. The van der Waals surface area contributed by atoms with E-state index >= 15 is 0 Å². The zero-order chi connectivity index (χ0) is 15.1. The number of aromatic nitrogens is 1. The van der Waals surface area contributed by atoms with Crippen LogP contribution in [0.25, 0.3) is 33.3 Å². The van der Waals surface area contributed by atoms with E-state index in [9.17, 15) is 9.90 Å². The molecule has 0 aliphatic heterocycles. The Morgan fingerprint density at radius 3 is 2.64 bits per heavy atom. The van der Waals surface area contributed by atoms with Crippen molar-refractivity contribution in [2.75, 3.05) is 0 Å². The molecule has 0 spiro atoms. The molecule has 3 aromatic carbocycles. The molecule has 1 N–H and O–H groups in total. The molecule has 106 valence electrons. The topological polar surface area (TPSA) is 63.3 Å². The molecule has 0 amide bonds. The number of para-hydroxylation sites is 2. The number of hydrogen-bond acceptors (Lipinski definition) is 4. The third-order valence-electron chi connectivity index (χ3n) is 3.70. The SMILES string of the molecule is O=Cc1c(O)c(-c2nc3ccccc3o2)cc2ccccc12. The lowest BCUT2D eigenvalue weighted by Crippen LogP contribution is -1.89. The van der Waals surface area contributed by atoms with Gasteiger partial charge in [-0.3, -0.25) is 4.79 Å². The van der Waals surface area contributed by atoms with Crippen LogP contribution in [0.5, 0.6) is 5.75 Å². The Balaban J connectivity index is 2.05. The van der Waals surface area contributed by atoms with Crippen LogP contribution in [-0.2, 0) is 0 Å². The van der Waals surface area contributed by atoms with Gasteiger partial charge in [0.25, 0.3) is 0 Å². The lowest BCUT2D eigenvalue weighted by Gasteiger charge is -2.07. The van der Waals surface area contributed by atoms with Gasteiger partial charge in [0, 0.05) is 0 Å². The first-order valence-corrected chi connectivity index (χ1v) is 6.84. The van der Waals surface area contributed by atoms with Crippen LogP contribution < -0.4 is 0 Å². The maximum Gasteiger partial charge on any atom is 0.231 e. The van der Waals surface area contributed by atoms with Crippen LogP contribution in [0.1, 0.15) is 10.4 Å². The van der Waals surface area contributed by atoms with Crippen LogP contribution in [0.3, 0.4) is 0 Å². The number of nitrogens with zero attached hydrogens (tertiary/aromatic N) is 1. The molecular formula is C18H11NO3. The van der Waals surface area contributed by atoms with Crippen LogP contribution >= 0.6 is 0 Å². The number of oxazole rings is 1. The molecule has 1 heterocycles. The summed E-state index contributed by atoms with van der Waals surface area (Å²) >= 11 is 0. The Kier molecular flexibility index (Phi) is 2.69. The second-order valence-electron chi connectivity index (χ2n) is 5.01. The molecule has 4 aromatic rings. The number of carbonyl (C=O) groups excluding carboxylic acids is 1.